The third kappa shape index (κ3) is 4.97. The highest BCUT2D eigenvalue weighted by Crippen LogP contribution is 2.49. The molecule has 0 aliphatic heterocycles. The molecule has 8 nitrogen and oxygen atoms in total. The summed E-state index contributed by atoms with van der Waals surface area (Å²) < 4.78 is 7.21. The van der Waals surface area contributed by atoms with E-state index in [4.69, 9.17) is 21.9 Å². The molecule has 1 fully saturated rings. The molecular weight excluding hydrogens is 534 g/mol. The molecule has 0 unspecified atom stereocenters. The molecule has 9 heteroatoms. The van der Waals surface area contributed by atoms with Crippen LogP contribution in [0.2, 0.25) is 0 Å². The van der Waals surface area contributed by atoms with Gasteiger partial charge in [0.15, 0.2) is 5.11 Å². The number of para-hydroxylation sites is 2. The first-order valence-electron chi connectivity index (χ1n) is 13.8. The van der Waals surface area contributed by atoms with Gasteiger partial charge in [0.25, 0.3) is 11.5 Å². The number of hydrogen-bond donors (Lipinski definition) is 3. The molecule has 1 heterocycles. The first-order chi connectivity index (χ1) is 20.0. The second-order valence-electron chi connectivity index (χ2n) is 10.5. The maximum atomic E-state index is 14.7. The van der Waals surface area contributed by atoms with Gasteiger partial charge >= 0.3 is 0 Å². The minimum absolute atomic E-state index is 0.0431. The maximum Gasteiger partial charge on any atom is 0.264 e. The molecule has 6 rings (SSSR count). The van der Waals surface area contributed by atoms with Crippen molar-refractivity contribution in [3.63, 3.8) is 0 Å². The molecule has 3 N–H and O–H groups in total. The monoisotopic (exact) mass is 565 g/mol. The predicted molar refractivity (Wildman–Crippen MR) is 164 cm³/mol. The standard InChI is InChI=1S/C32H31N5O3S/c1-40-25-17-9-8-16-24(25)37-29(39)26-27(23-15-7-6-14-22(23)20-32(26)18-10-3-11-19-32)33-30(37)35-36-31(41)34-28(38)21-12-4-2-5-13-21/h2,4-9,12-17H,3,10-11,18-20H2,1H3,(H,33,35)(H2,34,36,38,41). The molecule has 1 aromatic heterocycles. The molecule has 0 saturated heterocycles. The molecule has 2 aliphatic carbocycles. The number of fused-ring (bicyclic) bond motifs is 4. The number of ether oxygens (including phenoxy) is 1. The molecule has 0 radical (unpaired) electrons. The van der Waals surface area contributed by atoms with Crippen LogP contribution in [0.25, 0.3) is 16.9 Å². The number of aromatic nitrogens is 2. The van der Waals surface area contributed by atoms with Gasteiger partial charge in [0, 0.05) is 16.5 Å². The zero-order chi connectivity index (χ0) is 28.4. The highest BCUT2D eigenvalue weighted by atomic mass is 32.1. The molecular formula is C32H31N5O3S. The van der Waals surface area contributed by atoms with Crippen LogP contribution in [0, 0.1) is 0 Å². The molecule has 41 heavy (non-hydrogen) atoms. The van der Waals surface area contributed by atoms with Gasteiger partial charge in [-0.15, -0.1) is 0 Å². The van der Waals surface area contributed by atoms with Crippen LogP contribution in [0.15, 0.2) is 83.7 Å². The van der Waals surface area contributed by atoms with Crippen molar-refractivity contribution in [1.29, 1.82) is 0 Å². The number of carbonyl (C=O) groups is 1. The van der Waals surface area contributed by atoms with Gasteiger partial charge in [-0.1, -0.05) is 73.9 Å². The Kier molecular flexibility index (Phi) is 7.28. The molecule has 1 spiro atoms. The van der Waals surface area contributed by atoms with Crippen molar-refractivity contribution >= 4 is 29.2 Å². The van der Waals surface area contributed by atoms with Crippen molar-refractivity contribution < 1.29 is 9.53 Å². The molecule has 0 atom stereocenters. The second kappa shape index (κ2) is 11.2. The predicted octanol–water partition coefficient (Wildman–Crippen LogP) is 5.30. The summed E-state index contributed by atoms with van der Waals surface area (Å²) >= 11 is 5.41. The lowest BCUT2D eigenvalue weighted by atomic mass is 9.62. The molecule has 1 saturated carbocycles. The lowest BCUT2D eigenvalue weighted by molar-refractivity contribution is 0.0977. The van der Waals surface area contributed by atoms with Crippen molar-refractivity contribution in [3.05, 3.63) is 106 Å². The van der Waals surface area contributed by atoms with Crippen molar-refractivity contribution in [2.75, 3.05) is 12.5 Å². The summed E-state index contributed by atoms with van der Waals surface area (Å²) in [6, 6.07) is 24.4. The number of methoxy groups -OCH3 is 1. The minimum atomic E-state index is -0.349. The van der Waals surface area contributed by atoms with E-state index in [9.17, 15) is 9.59 Å². The molecule has 3 aromatic carbocycles. The van der Waals surface area contributed by atoms with Gasteiger partial charge in [-0.05, 0) is 61.3 Å². The Labute approximate surface area is 243 Å². The van der Waals surface area contributed by atoms with Gasteiger partial charge < -0.3 is 4.74 Å². The van der Waals surface area contributed by atoms with Crippen LogP contribution < -0.4 is 26.5 Å². The fraction of sp³-hybridized carbons (Fsp3) is 0.250. The fourth-order valence-corrected chi connectivity index (χ4v) is 6.38. The summed E-state index contributed by atoms with van der Waals surface area (Å²) in [6.45, 7) is 0. The van der Waals surface area contributed by atoms with Crippen LogP contribution in [0.3, 0.4) is 0 Å². The smallest absolute Gasteiger partial charge is 0.264 e. The minimum Gasteiger partial charge on any atom is -0.495 e. The van der Waals surface area contributed by atoms with E-state index in [2.05, 4.69) is 22.2 Å². The number of carbonyl (C=O) groups excluding carboxylic acids is 1. The largest absolute Gasteiger partial charge is 0.495 e. The highest BCUT2D eigenvalue weighted by Gasteiger charge is 2.43. The Bertz CT molecular complexity index is 1680. The third-order valence-electron chi connectivity index (χ3n) is 8.10. The Morgan fingerprint density at radius 2 is 1.66 bits per heavy atom. The first-order valence-corrected chi connectivity index (χ1v) is 14.2. The van der Waals surface area contributed by atoms with E-state index in [1.54, 1.807) is 35.9 Å². The normalized spacial score (nSPS) is 14.9. The zero-order valence-corrected chi connectivity index (χ0v) is 23.6. The van der Waals surface area contributed by atoms with Crippen LogP contribution in [0.1, 0.15) is 53.6 Å². The van der Waals surface area contributed by atoms with E-state index in [1.165, 1.54) is 12.0 Å². The Morgan fingerprint density at radius 1 is 0.951 bits per heavy atom. The van der Waals surface area contributed by atoms with Gasteiger partial charge in [0.2, 0.25) is 5.95 Å². The van der Waals surface area contributed by atoms with Crippen molar-refractivity contribution in [2.24, 2.45) is 0 Å². The number of amides is 1. The van der Waals surface area contributed by atoms with Gasteiger partial charge in [0.1, 0.15) is 5.75 Å². The molecule has 1 amide bonds. The SMILES string of the molecule is COc1ccccc1-n1c(NNC(=S)NC(=O)c2ccccc2)nc2c(c1=O)C1(CCCCC1)Cc1ccccc1-2. The Morgan fingerprint density at radius 3 is 2.44 bits per heavy atom. The first kappa shape index (κ1) is 26.7. The third-order valence-corrected chi connectivity index (χ3v) is 8.31. The average Bonchev–Trinajstić information content (AvgIpc) is 3.00. The Balaban J connectivity index is 1.46. The molecule has 0 bridgehead atoms. The van der Waals surface area contributed by atoms with E-state index in [0.717, 1.165) is 43.2 Å². The number of anilines is 1. The second-order valence-corrected chi connectivity index (χ2v) is 11.0. The highest BCUT2D eigenvalue weighted by molar-refractivity contribution is 7.80. The fourth-order valence-electron chi connectivity index (χ4n) is 6.24. The van der Waals surface area contributed by atoms with Crippen molar-refractivity contribution in [1.82, 2.24) is 20.3 Å². The molecule has 2 aliphatic rings. The van der Waals surface area contributed by atoms with E-state index < -0.39 is 0 Å². The zero-order valence-electron chi connectivity index (χ0n) is 22.8. The average molecular weight is 566 g/mol. The van der Waals surface area contributed by atoms with E-state index in [0.29, 0.717) is 22.7 Å². The van der Waals surface area contributed by atoms with E-state index in [-0.39, 0.29) is 27.9 Å². The van der Waals surface area contributed by atoms with Crippen LogP contribution in [0.4, 0.5) is 5.95 Å². The topological polar surface area (TPSA) is 97.3 Å². The lowest BCUT2D eigenvalue weighted by Crippen LogP contribution is -2.45. The van der Waals surface area contributed by atoms with Crippen LogP contribution >= 0.6 is 12.2 Å². The number of nitrogens with zero attached hydrogens (tertiary/aromatic N) is 2. The van der Waals surface area contributed by atoms with Crippen LogP contribution in [0.5, 0.6) is 5.75 Å². The number of thiocarbonyl (C=S) groups is 1. The molecule has 208 valence electrons. The van der Waals surface area contributed by atoms with Gasteiger partial charge in [-0.25, -0.2) is 9.55 Å². The summed E-state index contributed by atoms with van der Waals surface area (Å²) in [7, 11) is 1.58. The van der Waals surface area contributed by atoms with Gasteiger partial charge in [-0.3, -0.25) is 25.8 Å². The summed E-state index contributed by atoms with van der Waals surface area (Å²) in [4.78, 5) is 32.4. The number of hydrazine groups is 1. The summed E-state index contributed by atoms with van der Waals surface area (Å²) in [6.07, 6.45) is 6.02. The van der Waals surface area contributed by atoms with Crippen molar-refractivity contribution in [3.8, 4) is 22.7 Å². The Hall–Kier alpha value is -4.50. The number of nitrogens with one attached hydrogen (secondary N) is 3. The van der Waals surface area contributed by atoms with E-state index >= 15 is 0 Å². The number of benzene rings is 3. The quantitative estimate of drug-likeness (QED) is 0.223. The summed E-state index contributed by atoms with van der Waals surface area (Å²) in [5.41, 5.74) is 10.1. The number of rotatable bonds is 5. The van der Waals surface area contributed by atoms with Crippen molar-refractivity contribution in [2.45, 2.75) is 43.9 Å². The number of hydrogen-bond acceptors (Lipinski definition) is 6. The summed E-state index contributed by atoms with van der Waals surface area (Å²) in [5, 5.41) is 2.71. The van der Waals surface area contributed by atoms with Crippen LogP contribution in [-0.4, -0.2) is 27.7 Å². The van der Waals surface area contributed by atoms with Gasteiger partial charge in [-0.2, -0.15) is 0 Å². The van der Waals surface area contributed by atoms with Crippen LogP contribution in [-0.2, 0) is 11.8 Å². The van der Waals surface area contributed by atoms with Gasteiger partial charge in [0.05, 0.1) is 24.1 Å². The maximum absolute atomic E-state index is 14.7. The van der Waals surface area contributed by atoms with E-state index in [1.807, 2.05) is 48.5 Å². The molecule has 4 aromatic rings. The lowest BCUT2D eigenvalue weighted by Gasteiger charge is -2.42. The summed E-state index contributed by atoms with van der Waals surface area (Å²) in [5.74, 6) is 0.420.